The first-order valence-corrected chi connectivity index (χ1v) is 9.21. The summed E-state index contributed by atoms with van der Waals surface area (Å²) in [5.74, 6) is 0.219. The smallest absolute Gasteiger partial charge is 0.406 e. The van der Waals surface area contributed by atoms with Gasteiger partial charge >= 0.3 is 6.18 Å². The van der Waals surface area contributed by atoms with Gasteiger partial charge in [0, 0.05) is 11.9 Å². The summed E-state index contributed by atoms with van der Waals surface area (Å²) >= 11 is 1.16. The molecule has 1 heterocycles. The molecule has 0 aliphatic rings. The molecule has 0 N–H and O–H groups in total. The third kappa shape index (κ3) is 5.35. The number of aromatic nitrogens is 1. The number of carbonyl (C=O) groups is 1. The lowest BCUT2D eigenvalue weighted by Gasteiger charge is -2.22. The van der Waals surface area contributed by atoms with Crippen LogP contribution < -0.4 is 9.47 Å². The van der Waals surface area contributed by atoms with E-state index in [1.165, 1.54) is 19.6 Å². The van der Waals surface area contributed by atoms with Gasteiger partial charge < -0.3 is 14.4 Å². The summed E-state index contributed by atoms with van der Waals surface area (Å²) in [5.41, 5.74) is 0.594. The number of nitrogens with zero attached hydrogens (tertiary/aromatic N) is 2. The second kappa shape index (κ2) is 9.07. The first kappa shape index (κ1) is 21.0. The van der Waals surface area contributed by atoms with Gasteiger partial charge in [-0.1, -0.05) is 19.4 Å². The van der Waals surface area contributed by atoms with Crippen molar-refractivity contribution in [2.45, 2.75) is 25.9 Å². The van der Waals surface area contributed by atoms with Crippen LogP contribution in [0, 0.1) is 0 Å². The Bertz CT molecular complexity index is 777. The number of hydrogen-bond donors (Lipinski definition) is 0. The van der Waals surface area contributed by atoms with E-state index in [1.54, 1.807) is 18.2 Å². The predicted octanol–water partition coefficient (Wildman–Crippen LogP) is 4.63. The molecule has 0 aliphatic carbocycles. The molecule has 0 bridgehead atoms. The number of halogens is 3. The summed E-state index contributed by atoms with van der Waals surface area (Å²) in [6, 6.07) is 5.22. The lowest BCUT2D eigenvalue weighted by Crippen LogP contribution is -2.39. The fourth-order valence-corrected chi connectivity index (χ4v) is 3.35. The molecule has 0 fully saturated rings. The molecule has 0 aliphatic heterocycles. The van der Waals surface area contributed by atoms with Gasteiger partial charge in [-0.3, -0.25) is 4.79 Å². The molecule has 0 radical (unpaired) electrons. The van der Waals surface area contributed by atoms with Crippen molar-refractivity contribution in [3.05, 3.63) is 29.3 Å². The Morgan fingerprint density at radius 1 is 1.26 bits per heavy atom. The predicted molar refractivity (Wildman–Crippen MR) is 97.5 cm³/mol. The van der Waals surface area contributed by atoms with E-state index in [2.05, 4.69) is 4.98 Å². The van der Waals surface area contributed by atoms with E-state index in [4.69, 9.17) is 9.47 Å². The maximum Gasteiger partial charge on any atom is 0.406 e. The van der Waals surface area contributed by atoms with Gasteiger partial charge in [-0.05, 0) is 18.6 Å². The Hall–Kier alpha value is -2.29. The lowest BCUT2D eigenvalue weighted by atomic mass is 10.2. The van der Waals surface area contributed by atoms with Crippen LogP contribution in [0.2, 0.25) is 0 Å². The third-order valence-corrected chi connectivity index (χ3v) is 4.67. The van der Waals surface area contributed by atoms with Crippen molar-refractivity contribution in [2.24, 2.45) is 0 Å². The lowest BCUT2D eigenvalue weighted by molar-refractivity contribution is -0.140. The van der Waals surface area contributed by atoms with E-state index in [9.17, 15) is 18.0 Å². The van der Waals surface area contributed by atoms with Crippen LogP contribution in [0.5, 0.6) is 11.5 Å². The van der Waals surface area contributed by atoms with Crippen LogP contribution in [0.15, 0.2) is 23.6 Å². The number of rotatable bonds is 8. The summed E-state index contributed by atoms with van der Waals surface area (Å²) in [6.45, 7) is 0.595. The normalized spacial score (nSPS) is 11.3. The first-order valence-electron chi connectivity index (χ1n) is 8.33. The molecule has 1 amide bonds. The number of alkyl halides is 3. The van der Waals surface area contributed by atoms with E-state index >= 15 is 0 Å². The van der Waals surface area contributed by atoms with Crippen LogP contribution in [0.4, 0.5) is 13.2 Å². The zero-order valence-electron chi connectivity index (χ0n) is 15.3. The molecule has 148 valence electrons. The molecule has 2 rings (SSSR count). The Morgan fingerprint density at radius 2 is 2.00 bits per heavy atom. The summed E-state index contributed by atoms with van der Waals surface area (Å²) in [5, 5.41) is 1.93. The highest BCUT2D eigenvalue weighted by Gasteiger charge is 2.33. The summed E-state index contributed by atoms with van der Waals surface area (Å²) < 4.78 is 49.1. The number of ether oxygens (including phenoxy) is 2. The van der Waals surface area contributed by atoms with E-state index in [0.717, 1.165) is 16.2 Å². The Balaban J connectivity index is 2.31. The molecular formula is C18H21F3N2O3S. The molecule has 0 atom stereocenters. The topological polar surface area (TPSA) is 51.7 Å². The van der Waals surface area contributed by atoms with Gasteiger partial charge in [-0.25, -0.2) is 4.98 Å². The number of para-hydroxylation sites is 1. The molecule has 1 aromatic heterocycles. The van der Waals surface area contributed by atoms with Crippen LogP contribution >= 0.6 is 11.3 Å². The van der Waals surface area contributed by atoms with Crippen LogP contribution in [-0.2, 0) is 0 Å². The number of carbonyl (C=O) groups excluding carboxylic acids is 1. The zero-order valence-corrected chi connectivity index (χ0v) is 16.1. The molecule has 2 aromatic rings. The third-order valence-electron chi connectivity index (χ3n) is 3.80. The second-order valence-corrected chi connectivity index (χ2v) is 6.63. The highest BCUT2D eigenvalue weighted by atomic mass is 32.1. The van der Waals surface area contributed by atoms with E-state index in [1.807, 2.05) is 6.92 Å². The van der Waals surface area contributed by atoms with Crippen LogP contribution in [0.1, 0.15) is 30.3 Å². The zero-order chi connectivity index (χ0) is 20.0. The molecule has 27 heavy (non-hydrogen) atoms. The van der Waals surface area contributed by atoms with Crippen molar-refractivity contribution in [2.75, 3.05) is 27.3 Å². The van der Waals surface area contributed by atoms with Crippen molar-refractivity contribution in [3.63, 3.8) is 0 Å². The van der Waals surface area contributed by atoms with Crippen molar-refractivity contribution in [3.8, 4) is 22.1 Å². The number of amides is 1. The highest BCUT2D eigenvalue weighted by Crippen LogP contribution is 2.39. The Morgan fingerprint density at radius 3 is 2.59 bits per heavy atom. The van der Waals surface area contributed by atoms with Gasteiger partial charge in [0.2, 0.25) is 0 Å². The molecule has 0 spiro atoms. The molecule has 0 saturated heterocycles. The largest absolute Gasteiger partial charge is 0.493 e. The minimum atomic E-state index is -4.46. The molecule has 0 saturated carbocycles. The fourth-order valence-electron chi connectivity index (χ4n) is 2.53. The van der Waals surface area contributed by atoms with Gasteiger partial charge in [0.25, 0.3) is 5.91 Å². The summed E-state index contributed by atoms with van der Waals surface area (Å²) in [7, 11) is 2.98. The first-order chi connectivity index (χ1) is 12.8. The number of unbranched alkanes of at least 4 members (excludes halogenated alkanes) is 1. The molecular weight excluding hydrogens is 381 g/mol. The van der Waals surface area contributed by atoms with Crippen molar-refractivity contribution in [1.29, 1.82) is 0 Å². The van der Waals surface area contributed by atoms with Gasteiger partial charge in [0.15, 0.2) is 11.5 Å². The minimum absolute atomic E-state index is 0.0137. The summed E-state index contributed by atoms with van der Waals surface area (Å²) in [6.07, 6.45) is -3.29. The second-order valence-electron chi connectivity index (χ2n) is 5.77. The fraction of sp³-hybridized carbons (Fsp3) is 0.444. The number of hydrogen-bond acceptors (Lipinski definition) is 5. The molecule has 5 nitrogen and oxygen atoms in total. The van der Waals surface area contributed by atoms with E-state index < -0.39 is 18.6 Å². The van der Waals surface area contributed by atoms with Crippen molar-refractivity contribution in [1.82, 2.24) is 9.88 Å². The Kier molecular flexibility index (Phi) is 7.06. The van der Waals surface area contributed by atoms with Gasteiger partial charge in [0.1, 0.15) is 17.2 Å². The maximum absolute atomic E-state index is 12.8. The van der Waals surface area contributed by atoms with Crippen LogP contribution in [-0.4, -0.2) is 49.3 Å². The monoisotopic (exact) mass is 402 g/mol. The minimum Gasteiger partial charge on any atom is -0.493 e. The van der Waals surface area contributed by atoms with Gasteiger partial charge in [-0.2, -0.15) is 13.2 Å². The highest BCUT2D eigenvalue weighted by molar-refractivity contribution is 7.13. The van der Waals surface area contributed by atoms with Gasteiger partial charge in [0.05, 0.1) is 19.8 Å². The SMILES string of the molecule is CCCCN(CC(F)(F)F)C(=O)c1csc(-c2cccc(OC)c2OC)n1. The Labute approximate surface area is 159 Å². The maximum atomic E-state index is 12.8. The van der Waals surface area contributed by atoms with Crippen molar-refractivity contribution < 1.29 is 27.4 Å². The number of benzene rings is 1. The van der Waals surface area contributed by atoms with E-state index in [0.29, 0.717) is 34.9 Å². The quantitative estimate of drug-likeness (QED) is 0.646. The molecule has 1 aromatic carbocycles. The molecule has 9 heteroatoms. The molecule has 0 unspecified atom stereocenters. The standard InChI is InChI=1S/C18H21F3N2O3S/c1-4-5-9-23(11-18(19,20)21)17(24)13-10-27-16(22-13)12-7-6-8-14(25-2)15(12)26-3/h6-8,10H,4-5,9,11H2,1-3H3. The van der Waals surface area contributed by atoms with E-state index in [-0.39, 0.29) is 12.2 Å². The van der Waals surface area contributed by atoms with Crippen LogP contribution in [0.3, 0.4) is 0 Å². The van der Waals surface area contributed by atoms with Gasteiger partial charge in [-0.15, -0.1) is 11.3 Å². The average molecular weight is 402 g/mol. The van der Waals surface area contributed by atoms with Crippen LogP contribution in [0.25, 0.3) is 10.6 Å². The number of thiazole rings is 1. The van der Waals surface area contributed by atoms with Crippen molar-refractivity contribution >= 4 is 17.2 Å². The summed E-state index contributed by atoms with van der Waals surface area (Å²) in [4.78, 5) is 17.6. The number of methoxy groups -OCH3 is 2. The average Bonchev–Trinajstić information content (AvgIpc) is 3.12.